The quantitative estimate of drug-likeness (QED) is 0.752. The first-order chi connectivity index (χ1) is 12.3. The molecular formula is C20H19NO4. The van der Waals surface area contributed by atoms with Gasteiger partial charge in [-0.05, 0) is 37.1 Å². The van der Waals surface area contributed by atoms with Gasteiger partial charge in [-0.25, -0.2) is 4.79 Å². The third-order valence-electron chi connectivity index (χ3n) is 3.99. The fourth-order valence-corrected chi connectivity index (χ4v) is 2.62. The predicted molar refractivity (Wildman–Crippen MR) is 91.1 cm³/mol. The van der Waals surface area contributed by atoms with Crippen molar-refractivity contribution in [1.82, 2.24) is 0 Å². The van der Waals surface area contributed by atoms with Crippen molar-refractivity contribution < 1.29 is 19.0 Å². The Bertz CT molecular complexity index is 731. The zero-order valence-electron chi connectivity index (χ0n) is 13.8. The van der Waals surface area contributed by atoms with Crippen LogP contribution in [0.25, 0.3) is 0 Å². The normalized spacial score (nSPS) is 17.5. The lowest BCUT2D eigenvalue weighted by Gasteiger charge is -2.14. The molecule has 2 aromatic rings. The lowest BCUT2D eigenvalue weighted by atomic mass is 10.1. The van der Waals surface area contributed by atoms with Crippen LogP contribution in [0.15, 0.2) is 54.6 Å². The Morgan fingerprint density at radius 3 is 2.60 bits per heavy atom. The molecule has 25 heavy (non-hydrogen) atoms. The van der Waals surface area contributed by atoms with Crippen LogP contribution in [0, 0.1) is 11.3 Å². The second kappa shape index (κ2) is 8.32. The van der Waals surface area contributed by atoms with E-state index in [9.17, 15) is 10.1 Å². The van der Waals surface area contributed by atoms with E-state index in [1.807, 2.05) is 12.1 Å². The van der Waals surface area contributed by atoms with Crippen LogP contribution in [0.5, 0.6) is 5.75 Å². The van der Waals surface area contributed by atoms with Crippen LogP contribution in [-0.4, -0.2) is 25.3 Å². The highest BCUT2D eigenvalue weighted by molar-refractivity contribution is 5.89. The van der Waals surface area contributed by atoms with Gasteiger partial charge in [-0.1, -0.05) is 30.3 Å². The number of ether oxygens (including phenoxy) is 3. The van der Waals surface area contributed by atoms with E-state index in [0.717, 1.165) is 19.4 Å². The highest BCUT2D eigenvalue weighted by atomic mass is 16.5. The van der Waals surface area contributed by atoms with E-state index >= 15 is 0 Å². The molecule has 0 amide bonds. The molecule has 2 unspecified atom stereocenters. The van der Waals surface area contributed by atoms with E-state index in [1.165, 1.54) is 0 Å². The number of esters is 1. The molecule has 1 aliphatic heterocycles. The second-order valence-corrected chi connectivity index (χ2v) is 5.80. The monoisotopic (exact) mass is 337 g/mol. The summed E-state index contributed by atoms with van der Waals surface area (Å²) in [7, 11) is 0. The van der Waals surface area contributed by atoms with Gasteiger partial charge in [-0.2, -0.15) is 5.26 Å². The lowest BCUT2D eigenvalue weighted by molar-refractivity contribution is 0.0404. The Morgan fingerprint density at radius 2 is 1.96 bits per heavy atom. The molecule has 128 valence electrons. The minimum atomic E-state index is -0.958. The maximum absolute atomic E-state index is 12.1. The number of nitrogens with zero attached hydrogens (tertiary/aromatic N) is 1. The summed E-state index contributed by atoms with van der Waals surface area (Å²) in [4.78, 5) is 12.1. The Labute approximate surface area is 146 Å². The first-order valence-corrected chi connectivity index (χ1v) is 8.26. The molecule has 1 heterocycles. The van der Waals surface area contributed by atoms with Gasteiger partial charge >= 0.3 is 5.97 Å². The summed E-state index contributed by atoms with van der Waals surface area (Å²) in [6.07, 6.45) is 1.28. The van der Waals surface area contributed by atoms with Crippen LogP contribution < -0.4 is 4.74 Å². The highest BCUT2D eigenvalue weighted by Gasteiger charge is 2.18. The fourth-order valence-electron chi connectivity index (χ4n) is 2.62. The van der Waals surface area contributed by atoms with Crippen molar-refractivity contribution >= 4 is 5.97 Å². The van der Waals surface area contributed by atoms with Crippen LogP contribution in [0.2, 0.25) is 0 Å². The maximum Gasteiger partial charge on any atom is 0.339 e. The predicted octanol–water partition coefficient (Wildman–Crippen LogP) is 3.67. The Kier molecular flexibility index (Phi) is 5.65. The lowest BCUT2D eigenvalue weighted by Crippen LogP contribution is -2.16. The zero-order valence-corrected chi connectivity index (χ0v) is 13.8. The van der Waals surface area contributed by atoms with Crippen LogP contribution in [0.4, 0.5) is 0 Å². The van der Waals surface area contributed by atoms with E-state index in [4.69, 9.17) is 14.2 Å². The van der Waals surface area contributed by atoms with Crippen molar-refractivity contribution in [2.45, 2.75) is 25.0 Å². The first-order valence-electron chi connectivity index (χ1n) is 8.26. The Morgan fingerprint density at radius 1 is 1.20 bits per heavy atom. The van der Waals surface area contributed by atoms with Crippen molar-refractivity contribution in [2.75, 3.05) is 13.2 Å². The average molecular weight is 337 g/mol. The third-order valence-corrected chi connectivity index (χ3v) is 3.99. The van der Waals surface area contributed by atoms with Gasteiger partial charge in [0.2, 0.25) is 6.10 Å². The molecule has 1 fully saturated rings. The molecule has 0 aliphatic carbocycles. The summed E-state index contributed by atoms with van der Waals surface area (Å²) in [5.74, 6) is 0.177. The molecular weight excluding hydrogens is 318 g/mol. The largest absolute Gasteiger partial charge is 0.491 e. The molecule has 2 aromatic carbocycles. The SMILES string of the molecule is N#CC(OC(=O)c1ccccc1)c1ccc(OCC2CCCO2)cc1. The number of carbonyl (C=O) groups excluding carboxylic acids is 1. The van der Waals surface area contributed by atoms with E-state index in [2.05, 4.69) is 0 Å². The number of benzene rings is 2. The summed E-state index contributed by atoms with van der Waals surface area (Å²) in [6, 6.07) is 17.6. The van der Waals surface area contributed by atoms with Crippen LogP contribution >= 0.6 is 0 Å². The smallest absolute Gasteiger partial charge is 0.339 e. The highest BCUT2D eigenvalue weighted by Crippen LogP contribution is 2.22. The van der Waals surface area contributed by atoms with Gasteiger partial charge in [0.1, 0.15) is 18.4 Å². The second-order valence-electron chi connectivity index (χ2n) is 5.80. The van der Waals surface area contributed by atoms with Gasteiger partial charge in [0, 0.05) is 12.2 Å². The molecule has 0 bridgehead atoms. The average Bonchev–Trinajstić information content (AvgIpc) is 3.19. The zero-order chi connectivity index (χ0) is 17.5. The number of hydrogen-bond acceptors (Lipinski definition) is 5. The van der Waals surface area contributed by atoms with Gasteiger partial charge in [0.25, 0.3) is 0 Å². The van der Waals surface area contributed by atoms with Gasteiger partial charge in [-0.15, -0.1) is 0 Å². The van der Waals surface area contributed by atoms with Gasteiger partial charge < -0.3 is 14.2 Å². The molecule has 5 heteroatoms. The standard InChI is InChI=1S/C20H19NO4/c21-13-19(25-20(22)16-5-2-1-3-6-16)15-8-10-17(11-9-15)24-14-18-7-4-12-23-18/h1-3,5-6,8-11,18-19H,4,7,12,14H2. The molecule has 0 N–H and O–H groups in total. The maximum atomic E-state index is 12.1. The summed E-state index contributed by atoms with van der Waals surface area (Å²) >= 11 is 0. The van der Waals surface area contributed by atoms with E-state index < -0.39 is 12.1 Å². The van der Waals surface area contributed by atoms with Crippen molar-refractivity contribution in [3.63, 3.8) is 0 Å². The number of carbonyl (C=O) groups is 1. The Hall–Kier alpha value is -2.84. The minimum absolute atomic E-state index is 0.151. The minimum Gasteiger partial charge on any atom is -0.491 e. The topological polar surface area (TPSA) is 68.5 Å². The summed E-state index contributed by atoms with van der Waals surface area (Å²) in [5, 5.41) is 9.32. The van der Waals surface area contributed by atoms with Crippen LogP contribution in [0.1, 0.15) is 34.9 Å². The van der Waals surface area contributed by atoms with E-state index in [-0.39, 0.29) is 6.10 Å². The molecule has 5 nitrogen and oxygen atoms in total. The summed E-state index contributed by atoms with van der Waals surface area (Å²) in [6.45, 7) is 1.31. The molecule has 1 aliphatic rings. The van der Waals surface area contributed by atoms with Gasteiger partial charge in [0.05, 0.1) is 11.7 Å². The fraction of sp³-hybridized carbons (Fsp3) is 0.300. The number of rotatable bonds is 6. The third kappa shape index (κ3) is 4.59. The number of hydrogen-bond donors (Lipinski definition) is 0. The molecule has 0 spiro atoms. The summed E-state index contributed by atoms with van der Waals surface area (Å²) in [5.41, 5.74) is 1.02. The van der Waals surface area contributed by atoms with Crippen LogP contribution in [0.3, 0.4) is 0 Å². The molecule has 0 aromatic heterocycles. The van der Waals surface area contributed by atoms with E-state index in [1.54, 1.807) is 48.5 Å². The van der Waals surface area contributed by atoms with E-state index in [0.29, 0.717) is 23.5 Å². The molecule has 1 saturated heterocycles. The van der Waals surface area contributed by atoms with Crippen molar-refractivity contribution in [3.05, 3.63) is 65.7 Å². The van der Waals surface area contributed by atoms with Crippen molar-refractivity contribution in [2.24, 2.45) is 0 Å². The van der Waals surface area contributed by atoms with Crippen molar-refractivity contribution in [1.29, 1.82) is 5.26 Å². The molecule has 0 saturated carbocycles. The van der Waals surface area contributed by atoms with Gasteiger partial charge in [0.15, 0.2) is 0 Å². The van der Waals surface area contributed by atoms with Crippen LogP contribution in [-0.2, 0) is 9.47 Å². The number of nitriles is 1. The molecule has 2 atom stereocenters. The molecule has 3 rings (SSSR count). The Balaban J connectivity index is 1.59. The van der Waals surface area contributed by atoms with Gasteiger partial charge in [-0.3, -0.25) is 0 Å². The first kappa shape index (κ1) is 17.0. The summed E-state index contributed by atoms with van der Waals surface area (Å²) < 4.78 is 16.5. The van der Waals surface area contributed by atoms with Crippen molar-refractivity contribution in [3.8, 4) is 11.8 Å². The molecule has 0 radical (unpaired) electrons.